The summed E-state index contributed by atoms with van der Waals surface area (Å²) >= 11 is 0. The van der Waals surface area contributed by atoms with E-state index in [0.29, 0.717) is 31.7 Å². The number of piperazine rings is 1. The van der Waals surface area contributed by atoms with E-state index < -0.39 is 5.60 Å². The highest BCUT2D eigenvalue weighted by Crippen LogP contribution is 2.22. The average Bonchev–Trinajstić information content (AvgIpc) is 2.59. The molecule has 0 aliphatic carbocycles. The van der Waals surface area contributed by atoms with Crippen molar-refractivity contribution in [1.29, 1.82) is 0 Å². The number of ether oxygens (including phenoxy) is 1. The SMILES string of the molecule is CCCCC(C)(C)OC(=O)N1CCN(c2ccccc2C=O)CC1. The maximum atomic E-state index is 12.4. The molecule has 1 aromatic carbocycles. The zero-order valence-electron chi connectivity index (χ0n) is 15.0. The Bertz CT molecular complexity index is 563. The minimum absolute atomic E-state index is 0.237. The first-order valence-corrected chi connectivity index (χ1v) is 8.74. The van der Waals surface area contributed by atoms with Crippen LogP contribution in [-0.2, 0) is 4.74 Å². The quantitative estimate of drug-likeness (QED) is 0.745. The summed E-state index contributed by atoms with van der Waals surface area (Å²) in [5.41, 5.74) is 1.20. The lowest BCUT2D eigenvalue weighted by atomic mass is 10.0. The molecule has 1 aliphatic heterocycles. The van der Waals surface area contributed by atoms with Crippen molar-refractivity contribution in [3.05, 3.63) is 29.8 Å². The first-order chi connectivity index (χ1) is 11.5. The number of hydrogen-bond acceptors (Lipinski definition) is 4. The number of anilines is 1. The van der Waals surface area contributed by atoms with Gasteiger partial charge >= 0.3 is 6.09 Å². The summed E-state index contributed by atoms with van der Waals surface area (Å²) in [5.74, 6) is 0. The summed E-state index contributed by atoms with van der Waals surface area (Å²) in [5, 5.41) is 0. The van der Waals surface area contributed by atoms with Crippen molar-refractivity contribution in [3.63, 3.8) is 0 Å². The Morgan fingerprint density at radius 1 is 1.21 bits per heavy atom. The van der Waals surface area contributed by atoms with Gasteiger partial charge in [0.2, 0.25) is 0 Å². The third-order valence-electron chi connectivity index (χ3n) is 4.44. The molecule has 2 rings (SSSR count). The van der Waals surface area contributed by atoms with Crippen molar-refractivity contribution >= 4 is 18.1 Å². The number of carbonyl (C=O) groups excluding carboxylic acids is 2. The van der Waals surface area contributed by atoms with Gasteiger partial charge in [0.25, 0.3) is 0 Å². The number of hydrogen-bond donors (Lipinski definition) is 0. The average molecular weight is 332 g/mol. The first kappa shape index (κ1) is 18.3. The fraction of sp³-hybridized carbons (Fsp3) is 0.579. The number of benzene rings is 1. The number of carbonyl (C=O) groups is 2. The highest BCUT2D eigenvalue weighted by atomic mass is 16.6. The van der Waals surface area contributed by atoms with Gasteiger partial charge in [-0.1, -0.05) is 25.5 Å². The van der Waals surface area contributed by atoms with E-state index in [1.54, 1.807) is 4.90 Å². The van der Waals surface area contributed by atoms with E-state index in [1.165, 1.54) is 0 Å². The molecule has 1 fully saturated rings. The Labute approximate surface area is 144 Å². The van der Waals surface area contributed by atoms with E-state index in [-0.39, 0.29) is 6.09 Å². The summed E-state index contributed by atoms with van der Waals surface area (Å²) in [6.07, 6.45) is 3.67. The zero-order valence-corrected chi connectivity index (χ0v) is 15.0. The van der Waals surface area contributed by atoms with Gasteiger partial charge in [-0.25, -0.2) is 4.79 Å². The Kier molecular flexibility index (Phi) is 6.23. The van der Waals surface area contributed by atoms with Crippen LogP contribution < -0.4 is 4.90 Å². The smallest absolute Gasteiger partial charge is 0.410 e. The van der Waals surface area contributed by atoms with Gasteiger partial charge in [0.15, 0.2) is 6.29 Å². The summed E-state index contributed by atoms with van der Waals surface area (Å²) in [4.78, 5) is 27.5. The monoisotopic (exact) mass is 332 g/mol. The minimum atomic E-state index is -0.422. The Morgan fingerprint density at radius 2 is 1.88 bits per heavy atom. The van der Waals surface area contributed by atoms with Crippen LogP contribution >= 0.6 is 0 Å². The molecule has 132 valence electrons. The predicted octanol–water partition coefficient (Wildman–Crippen LogP) is 3.73. The van der Waals surface area contributed by atoms with E-state index in [0.717, 1.165) is 31.2 Å². The minimum Gasteiger partial charge on any atom is -0.443 e. The van der Waals surface area contributed by atoms with Crippen molar-refractivity contribution in [1.82, 2.24) is 4.90 Å². The van der Waals surface area contributed by atoms with Crippen LogP contribution in [0.25, 0.3) is 0 Å². The van der Waals surface area contributed by atoms with Crippen LogP contribution in [0, 0.1) is 0 Å². The van der Waals surface area contributed by atoms with Gasteiger partial charge in [-0.2, -0.15) is 0 Å². The second kappa shape index (κ2) is 8.18. The maximum absolute atomic E-state index is 12.4. The molecular formula is C19H28N2O3. The largest absolute Gasteiger partial charge is 0.443 e. The van der Waals surface area contributed by atoms with Gasteiger partial charge in [-0.15, -0.1) is 0 Å². The summed E-state index contributed by atoms with van der Waals surface area (Å²) in [6, 6.07) is 7.56. The number of nitrogens with zero attached hydrogens (tertiary/aromatic N) is 2. The van der Waals surface area contributed by atoms with Gasteiger partial charge in [-0.05, 0) is 38.8 Å². The first-order valence-electron chi connectivity index (χ1n) is 8.74. The molecule has 1 saturated heterocycles. The molecule has 0 saturated carbocycles. The molecule has 24 heavy (non-hydrogen) atoms. The van der Waals surface area contributed by atoms with Crippen molar-refractivity contribution < 1.29 is 14.3 Å². The van der Waals surface area contributed by atoms with Gasteiger partial charge < -0.3 is 14.5 Å². The van der Waals surface area contributed by atoms with Crippen molar-refractivity contribution in [3.8, 4) is 0 Å². The second-order valence-corrected chi connectivity index (χ2v) is 6.88. The van der Waals surface area contributed by atoms with Crippen LogP contribution in [-0.4, -0.2) is 49.1 Å². The Hall–Kier alpha value is -2.04. The third kappa shape index (κ3) is 4.73. The number of aldehydes is 1. The molecule has 1 heterocycles. The number of amides is 1. The molecular weight excluding hydrogens is 304 g/mol. The lowest BCUT2D eigenvalue weighted by molar-refractivity contribution is 0.00651. The van der Waals surface area contributed by atoms with E-state index in [1.807, 2.05) is 38.1 Å². The molecule has 1 aromatic rings. The van der Waals surface area contributed by atoms with Crippen molar-refractivity contribution in [2.45, 2.75) is 45.6 Å². The molecule has 5 heteroatoms. The second-order valence-electron chi connectivity index (χ2n) is 6.88. The number of para-hydroxylation sites is 1. The molecule has 5 nitrogen and oxygen atoms in total. The summed E-state index contributed by atoms with van der Waals surface area (Å²) in [7, 11) is 0. The van der Waals surface area contributed by atoms with Gasteiger partial charge in [0.05, 0.1) is 0 Å². The number of rotatable bonds is 6. The zero-order chi connectivity index (χ0) is 17.6. The van der Waals surface area contributed by atoms with E-state index in [4.69, 9.17) is 4.74 Å². The van der Waals surface area contributed by atoms with Crippen molar-refractivity contribution in [2.75, 3.05) is 31.1 Å². The molecule has 0 N–H and O–H groups in total. The fourth-order valence-electron chi connectivity index (χ4n) is 2.96. The van der Waals surface area contributed by atoms with Crippen LogP contribution in [0.3, 0.4) is 0 Å². The fourth-order valence-corrected chi connectivity index (χ4v) is 2.96. The highest BCUT2D eigenvalue weighted by Gasteiger charge is 2.28. The van der Waals surface area contributed by atoms with Crippen molar-refractivity contribution in [2.24, 2.45) is 0 Å². The lowest BCUT2D eigenvalue weighted by Gasteiger charge is -2.37. The normalized spacial score (nSPS) is 15.3. The maximum Gasteiger partial charge on any atom is 0.410 e. The van der Waals surface area contributed by atoms with Crippen LogP contribution in [0.4, 0.5) is 10.5 Å². The van der Waals surface area contributed by atoms with Crippen LogP contribution in [0.15, 0.2) is 24.3 Å². The summed E-state index contributed by atoms with van der Waals surface area (Å²) < 4.78 is 5.68. The third-order valence-corrected chi connectivity index (χ3v) is 4.44. The highest BCUT2D eigenvalue weighted by molar-refractivity contribution is 5.84. The standard InChI is InChI=1S/C19H28N2O3/c1-4-5-10-19(2,3)24-18(23)21-13-11-20(12-14-21)17-9-7-6-8-16(17)15-22/h6-9,15H,4-5,10-14H2,1-3H3. The van der Waals surface area contributed by atoms with Gasteiger partial charge in [0, 0.05) is 37.4 Å². The molecule has 0 aromatic heterocycles. The lowest BCUT2D eigenvalue weighted by Crippen LogP contribution is -2.50. The van der Waals surface area contributed by atoms with Gasteiger partial charge in [0.1, 0.15) is 5.60 Å². The Balaban J connectivity index is 1.90. The molecule has 1 aliphatic rings. The van der Waals surface area contributed by atoms with E-state index in [9.17, 15) is 9.59 Å². The predicted molar refractivity (Wildman–Crippen MR) is 95.7 cm³/mol. The van der Waals surface area contributed by atoms with Crippen LogP contribution in [0.1, 0.15) is 50.4 Å². The molecule has 0 bridgehead atoms. The number of unbranched alkanes of at least 4 members (excludes halogenated alkanes) is 1. The van der Waals surface area contributed by atoms with Crippen LogP contribution in [0.5, 0.6) is 0 Å². The Morgan fingerprint density at radius 3 is 2.50 bits per heavy atom. The molecule has 0 radical (unpaired) electrons. The van der Waals surface area contributed by atoms with E-state index in [2.05, 4.69) is 11.8 Å². The molecule has 0 unspecified atom stereocenters. The van der Waals surface area contributed by atoms with Crippen LogP contribution in [0.2, 0.25) is 0 Å². The molecule has 1 amide bonds. The topological polar surface area (TPSA) is 49.9 Å². The molecule has 0 atom stereocenters. The summed E-state index contributed by atoms with van der Waals surface area (Å²) in [6.45, 7) is 8.69. The van der Waals surface area contributed by atoms with E-state index >= 15 is 0 Å². The molecule has 0 spiro atoms. The van der Waals surface area contributed by atoms with Gasteiger partial charge in [-0.3, -0.25) is 4.79 Å².